The number of benzene rings is 1. The molecule has 3 heterocycles. The van der Waals surface area contributed by atoms with E-state index in [0.29, 0.717) is 11.2 Å². The van der Waals surface area contributed by atoms with E-state index in [2.05, 4.69) is 49.2 Å². The van der Waals surface area contributed by atoms with Crippen molar-refractivity contribution in [1.29, 1.82) is 0 Å². The van der Waals surface area contributed by atoms with Gasteiger partial charge in [0.15, 0.2) is 0 Å². The van der Waals surface area contributed by atoms with Crippen molar-refractivity contribution in [2.75, 3.05) is 38.1 Å². The highest BCUT2D eigenvalue weighted by molar-refractivity contribution is 5.96. The number of anilines is 1. The van der Waals surface area contributed by atoms with Gasteiger partial charge in [0.1, 0.15) is 0 Å². The van der Waals surface area contributed by atoms with Crippen LogP contribution < -0.4 is 16.4 Å². The Balaban J connectivity index is 1.66. The van der Waals surface area contributed by atoms with Gasteiger partial charge >= 0.3 is 6.09 Å². The SMILES string of the molecule is C=C(N=C/C=C\N)c1cc(-c2ccc(CN3CCNCC3)nc2)cc2[nH]c(NC(=O)OCC)nc12. The molecule has 0 bridgehead atoms. The number of piperazine rings is 1. The summed E-state index contributed by atoms with van der Waals surface area (Å²) in [5.74, 6) is 0.278. The molecule has 0 saturated carbocycles. The summed E-state index contributed by atoms with van der Waals surface area (Å²) in [6.07, 6.45) is 5.87. The standard InChI is InChI=1S/C25H30N8O2/c1-3-35-25(34)32-24-30-22-14-19(13-21(23(22)31-24)17(2)28-8-4-7-26)18-5-6-20(29-15-18)16-33-11-9-27-10-12-33/h4-8,13-15,27H,2-3,9-12,16,26H2,1H3,(H2,30,31,32,34)/b7-4-,28-8?. The fraction of sp³-hybridized carbons (Fsp3) is 0.280. The Morgan fingerprint density at radius 2 is 2.14 bits per heavy atom. The smallest absolute Gasteiger partial charge is 0.413 e. The van der Waals surface area contributed by atoms with Crippen molar-refractivity contribution in [2.45, 2.75) is 13.5 Å². The zero-order valence-corrected chi connectivity index (χ0v) is 19.8. The number of nitrogens with one attached hydrogen (secondary N) is 3. The quantitative estimate of drug-likeness (QED) is 0.369. The number of ether oxygens (including phenoxy) is 1. The Labute approximate surface area is 204 Å². The molecule has 1 aromatic carbocycles. The van der Waals surface area contributed by atoms with Crippen LogP contribution in [0.1, 0.15) is 18.2 Å². The average molecular weight is 475 g/mol. The molecule has 0 atom stereocenters. The fourth-order valence-corrected chi connectivity index (χ4v) is 3.87. The number of hydrogen-bond acceptors (Lipinski definition) is 8. The van der Waals surface area contributed by atoms with E-state index in [0.717, 1.165) is 60.6 Å². The lowest BCUT2D eigenvalue weighted by molar-refractivity contribution is 0.167. The number of imidazole rings is 1. The third-order valence-corrected chi connectivity index (χ3v) is 5.57. The molecule has 5 N–H and O–H groups in total. The number of aromatic amines is 1. The van der Waals surface area contributed by atoms with E-state index in [9.17, 15) is 4.79 Å². The second-order valence-electron chi connectivity index (χ2n) is 8.02. The van der Waals surface area contributed by atoms with Gasteiger partial charge in [0.05, 0.1) is 29.0 Å². The minimum Gasteiger partial charge on any atom is -0.450 e. The van der Waals surface area contributed by atoms with Crippen LogP contribution in [0.3, 0.4) is 0 Å². The highest BCUT2D eigenvalue weighted by Gasteiger charge is 2.15. The van der Waals surface area contributed by atoms with Crippen LogP contribution in [0.2, 0.25) is 0 Å². The first kappa shape index (κ1) is 24.1. The molecule has 1 aliphatic heterocycles. The molecule has 35 heavy (non-hydrogen) atoms. The maximum absolute atomic E-state index is 11.9. The van der Waals surface area contributed by atoms with Crippen molar-refractivity contribution in [2.24, 2.45) is 10.7 Å². The summed E-state index contributed by atoms with van der Waals surface area (Å²) in [4.78, 5) is 31.0. The number of hydrogen-bond donors (Lipinski definition) is 4. The van der Waals surface area contributed by atoms with Gasteiger partial charge in [-0.15, -0.1) is 0 Å². The Kier molecular flexibility index (Phi) is 7.86. The lowest BCUT2D eigenvalue weighted by Crippen LogP contribution is -2.43. The predicted molar refractivity (Wildman–Crippen MR) is 139 cm³/mol. The van der Waals surface area contributed by atoms with Gasteiger partial charge in [0.2, 0.25) is 5.95 Å². The maximum atomic E-state index is 11.9. The molecule has 1 aliphatic rings. The van der Waals surface area contributed by atoms with E-state index in [4.69, 9.17) is 15.5 Å². The molecule has 4 rings (SSSR count). The molecule has 10 heteroatoms. The molecule has 3 aromatic rings. The van der Waals surface area contributed by atoms with Crippen LogP contribution in [0.15, 0.2) is 54.3 Å². The van der Waals surface area contributed by atoms with Gasteiger partial charge in [-0.3, -0.25) is 20.2 Å². The number of rotatable bonds is 8. The fourth-order valence-electron chi connectivity index (χ4n) is 3.87. The van der Waals surface area contributed by atoms with Crippen LogP contribution in [0.4, 0.5) is 10.7 Å². The van der Waals surface area contributed by atoms with Crippen molar-refractivity contribution in [3.63, 3.8) is 0 Å². The number of pyridine rings is 1. The van der Waals surface area contributed by atoms with Crippen LogP contribution in [-0.2, 0) is 11.3 Å². The molecule has 182 valence electrons. The van der Waals surface area contributed by atoms with Gasteiger partial charge in [-0.2, -0.15) is 0 Å². The second-order valence-corrected chi connectivity index (χ2v) is 8.02. The topological polar surface area (TPSA) is 134 Å². The Morgan fingerprint density at radius 3 is 2.86 bits per heavy atom. The molecule has 1 saturated heterocycles. The number of carbonyl (C=O) groups is 1. The van der Waals surface area contributed by atoms with Crippen LogP contribution in [0.25, 0.3) is 27.9 Å². The Hall–Kier alpha value is -4.02. The number of fused-ring (bicyclic) bond motifs is 1. The van der Waals surface area contributed by atoms with Gasteiger partial charge in [0, 0.05) is 56.3 Å². The molecular weight excluding hydrogens is 444 g/mol. The number of amides is 1. The third kappa shape index (κ3) is 6.11. The van der Waals surface area contributed by atoms with E-state index in [1.165, 1.54) is 6.20 Å². The summed E-state index contributed by atoms with van der Waals surface area (Å²) in [6, 6.07) is 8.05. The monoisotopic (exact) mass is 474 g/mol. The number of carbonyl (C=O) groups excluding carboxylic acids is 1. The Morgan fingerprint density at radius 1 is 1.31 bits per heavy atom. The van der Waals surface area contributed by atoms with E-state index in [1.54, 1.807) is 19.2 Å². The molecule has 0 aliphatic carbocycles. The van der Waals surface area contributed by atoms with E-state index < -0.39 is 6.09 Å². The van der Waals surface area contributed by atoms with Crippen LogP contribution >= 0.6 is 0 Å². The molecule has 1 fully saturated rings. The number of nitrogens with two attached hydrogens (primary N) is 1. The van der Waals surface area contributed by atoms with Gasteiger partial charge < -0.3 is 20.8 Å². The molecule has 0 radical (unpaired) electrons. The zero-order valence-electron chi connectivity index (χ0n) is 19.8. The molecule has 2 aromatic heterocycles. The largest absolute Gasteiger partial charge is 0.450 e. The first-order chi connectivity index (χ1) is 17.1. The average Bonchev–Trinajstić information content (AvgIpc) is 3.27. The second kappa shape index (κ2) is 11.4. The molecular formula is C25H30N8O2. The summed E-state index contributed by atoms with van der Waals surface area (Å²) in [7, 11) is 0. The highest BCUT2D eigenvalue weighted by Crippen LogP contribution is 2.31. The first-order valence-electron chi connectivity index (χ1n) is 11.5. The highest BCUT2D eigenvalue weighted by atomic mass is 16.5. The number of H-pyrrole nitrogens is 1. The summed E-state index contributed by atoms with van der Waals surface area (Å²) in [5, 5.41) is 5.98. The molecule has 0 spiro atoms. The van der Waals surface area contributed by atoms with Crippen molar-refractivity contribution in [1.82, 2.24) is 25.2 Å². The van der Waals surface area contributed by atoms with Gasteiger partial charge in [-0.05, 0) is 43.0 Å². The maximum Gasteiger partial charge on any atom is 0.413 e. The van der Waals surface area contributed by atoms with E-state index in [-0.39, 0.29) is 12.6 Å². The third-order valence-electron chi connectivity index (χ3n) is 5.57. The summed E-state index contributed by atoms with van der Waals surface area (Å²) in [6.45, 7) is 11.0. The van der Waals surface area contributed by atoms with Gasteiger partial charge in [0.25, 0.3) is 0 Å². The van der Waals surface area contributed by atoms with E-state index >= 15 is 0 Å². The summed E-state index contributed by atoms with van der Waals surface area (Å²) in [5.41, 5.74) is 10.9. The van der Waals surface area contributed by atoms with Crippen LogP contribution in [0, 0.1) is 0 Å². The minimum absolute atomic E-state index is 0.263. The first-order valence-corrected chi connectivity index (χ1v) is 11.5. The molecule has 0 unspecified atom stereocenters. The summed E-state index contributed by atoms with van der Waals surface area (Å²) < 4.78 is 4.96. The van der Waals surface area contributed by atoms with Crippen LogP contribution in [-0.4, -0.2) is 64.9 Å². The van der Waals surface area contributed by atoms with Crippen LogP contribution in [0.5, 0.6) is 0 Å². The lowest BCUT2D eigenvalue weighted by atomic mass is 10.0. The number of allylic oxidation sites excluding steroid dienone is 1. The number of nitrogens with zero attached hydrogens (tertiary/aromatic N) is 4. The minimum atomic E-state index is -0.581. The number of aromatic nitrogens is 3. The normalized spacial score (nSPS) is 14.7. The van der Waals surface area contributed by atoms with Crippen molar-refractivity contribution in [3.8, 4) is 11.1 Å². The summed E-state index contributed by atoms with van der Waals surface area (Å²) >= 11 is 0. The van der Waals surface area contributed by atoms with Crippen molar-refractivity contribution in [3.05, 3.63) is 60.6 Å². The van der Waals surface area contributed by atoms with Gasteiger partial charge in [-0.1, -0.05) is 12.6 Å². The molecule has 1 amide bonds. The van der Waals surface area contributed by atoms with Gasteiger partial charge in [-0.25, -0.2) is 9.78 Å². The Bertz CT molecular complexity index is 1240. The lowest BCUT2D eigenvalue weighted by Gasteiger charge is -2.26. The van der Waals surface area contributed by atoms with E-state index in [1.807, 2.05) is 18.3 Å². The molecule has 10 nitrogen and oxygen atoms in total. The van der Waals surface area contributed by atoms with Crippen molar-refractivity contribution >= 4 is 35.0 Å². The predicted octanol–water partition coefficient (Wildman–Crippen LogP) is 3.11. The zero-order chi connectivity index (χ0) is 24.6. The van der Waals surface area contributed by atoms with Crippen molar-refractivity contribution < 1.29 is 9.53 Å². The number of aliphatic imine (C=N–C) groups is 1.